The van der Waals surface area contributed by atoms with Gasteiger partial charge < -0.3 is 31.4 Å². The molecule has 14 heteroatoms. The summed E-state index contributed by atoms with van der Waals surface area (Å²) in [6, 6.07) is 169. The van der Waals surface area contributed by atoms with Crippen molar-refractivity contribution in [1.82, 2.24) is 38.6 Å². The van der Waals surface area contributed by atoms with E-state index in [9.17, 15) is 0 Å². The van der Waals surface area contributed by atoms with Crippen molar-refractivity contribution in [2.75, 3.05) is 0 Å². The largest absolute Gasteiger partial charge is 0.456 e. The number of hydrogen-bond donors (Lipinski definition) is 0. The molecule has 0 saturated heterocycles. The van der Waals surface area contributed by atoms with Crippen LogP contribution in [0.5, 0.6) is 0 Å². The van der Waals surface area contributed by atoms with E-state index < -0.39 is 0 Å². The van der Waals surface area contributed by atoms with Crippen LogP contribution in [0, 0.1) is 20.8 Å². The van der Waals surface area contributed by atoms with Gasteiger partial charge in [0.05, 0.1) is 53.5 Å². The lowest BCUT2D eigenvalue weighted by atomic mass is 9.98. The average molecular weight is 1960 g/mol. The first-order valence-corrected chi connectivity index (χ1v) is 51.9. The van der Waals surface area contributed by atoms with Crippen molar-refractivity contribution in [3.05, 3.63) is 496 Å². The molecule has 0 bridgehead atoms. The smallest absolute Gasteiger partial charge is 0.227 e. The van der Waals surface area contributed by atoms with Crippen LogP contribution >= 0.6 is 22.7 Å². The van der Waals surface area contributed by atoms with Crippen molar-refractivity contribution in [3.63, 3.8) is 0 Å². The summed E-state index contributed by atoms with van der Waals surface area (Å²) in [5, 5.41) is 10.5. The van der Waals surface area contributed by atoms with Crippen molar-refractivity contribution in [3.8, 4) is 151 Å². The Kier molecular flexibility index (Phi) is 21.7. The number of oxazole rings is 3. The molecular weight excluding hydrogens is 1870 g/mol. The van der Waals surface area contributed by atoms with Crippen molar-refractivity contribution >= 4 is 153 Å². The maximum absolute atomic E-state index is 6.14. The van der Waals surface area contributed by atoms with Crippen LogP contribution in [-0.4, -0.2) is 38.6 Å². The second-order valence-corrected chi connectivity index (χ2v) is 40.5. The number of aromatic nitrogens is 8. The van der Waals surface area contributed by atoms with Gasteiger partial charge in [0.1, 0.15) is 37.9 Å². The third kappa shape index (κ3) is 16.3. The van der Waals surface area contributed by atoms with E-state index in [1.807, 2.05) is 103 Å². The minimum atomic E-state index is 0.620. The predicted octanol–water partition coefficient (Wildman–Crippen LogP) is 37.7. The highest BCUT2D eigenvalue weighted by atomic mass is 32.1. The molecular formula is C136H88N8O4S2. The van der Waals surface area contributed by atoms with Crippen LogP contribution in [0.25, 0.3) is 281 Å². The molecule has 0 saturated carbocycles. The lowest BCUT2D eigenvalue weighted by molar-refractivity contribution is 0.619. The van der Waals surface area contributed by atoms with E-state index in [0.29, 0.717) is 17.7 Å². The van der Waals surface area contributed by atoms with Crippen LogP contribution in [0.1, 0.15) is 16.7 Å². The third-order valence-corrected chi connectivity index (χ3v) is 31.0. The SMILES string of the molecule is Cc1ccc(-n2c3ccc(-c4ccc(-c5cc6ccccc6o5)cc4)cc3c3cc(-c4ccc(-c5nc6ccccc6o5)cc4)ccc32)cc1.Cc1ccc(-n2c3ccc(-c4ccc(-c5nc6ccccc6s5)cc4)cc3c3cc(-c4ccc(-c5nc6ccccc6s5)cc4)ccc32)cc1.Cc1ccc(-n2c3ccc(-c4cccc(-c5nc6ccccc6o5)c4)cc3c3cc(-c4cccc(-c5nc6ccccc6o5)c4)ccc32)cc1. The minimum absolute atomic E-state index is 0.620. The summed E-state index contributed by atoms with van der Waals surface area (Å²) in [6.07, 6.45) is 0. The molecule has 0 radical (unpaired) electrons. The fraction of sp³-hybridized carbons (Fsp3) is 0.0221. The number of para-hydroxylation sites is 9. The molecule has 30 rings (SSSR count). The highest BCUT2D eigenvalue weighted by molar-refractivity contribution is 7.22. The first-order valence-electron chi connectivity index (χ1n) is 50.3. The predicted molar refractivity (Wildman–Crippen MR) is 621 cm³/mol. The number of furan rings is 1. The van der Waals surface area contributed by atoms with Crippen LogP contribution in [0.2, 0.25) is 0 Å². The van der Waals surface area contributed by atoms with Crippen LogP contribution in [0.15, 0.2) is 497 Å². The van der Waals surface area contributed by atoms with Gasteiger partial charge >= 0.3 is 0 Å². The second kappa shape index (κ2) is 36.8. The highest BCUT2D eigenvalue weighted by Crippen LogP contribution is 2.46. The molecule has 30 aromatic rings. The molecule has 0 amide bonds. The van der Waals surface area contributed by atoms with Crippen LogP contribution in [0.4, 0.5) is 0 Å². The molecule has 0 aliphatic carbocycles. The Morgan fingerprint density at radius 2 is 0.440 bits per heavy atom. The maximum atomic E-state index is 6.14. The van der Waals surface area contributed by atoms with Gasteiger partial charge in [0.25, 0.3) is 0 Å². The number of nitrogens with zero attached hydrogens (tertiary/aromatic N) is 8. The summed E-state index contributed by atoms with van der Waals surface area (Å²) in [4.78, 5) is 23.9. The molecule has 708 valence electrons. The van der Waals surface area contributed by atoms with Crippen LogP contribution in [0.3, 0.4) is 0 Å². The number of benzene rings is 21. The van der Waals surface area contributed by atoms with Gasteiger partial charge in [-0.15, -0.1) is 22.7 Å². The van der Waals surface area contributed by atoms with E-state index in [-0.39, 0.29) is 0 Å². The van der Waals surface area contributed by atoms with Gasteiger partial charge in [-0.25, -0.2) is 24.9 Å². The first-order chi connectivity index (χ1) is 73.9. The van der Waals surface area contributed by atoms with Gasteiger partial charge in [-0.1, -0.05) is 278 Å². The fourth-order valence-corrected chi connectivity index (χ4v) is 23.0. The quantitative estimate of drug-likeness (QED) is 0.0984. The van der Waals surface area contributed by atoms with Crippen molar-refractivity contribution < 1.29 is 17.7 Å². The average Bonchev–Trinajstić information content (AvgIpc) is 1.59. The summed E-state index contributed by atoms with van der Waals surface area (Å²) in [6.45, 7) is 6.39. The monoisotopic (exact) mass is 1960 g/mol. The molecule has 12 nitrogen and oxygen atoms in total. The number of fused-ring (bicyclic) bond motifs is 15. The van der Waals surface area contributed by atoms with Gasteiger partial charge in [-0.2, -0.15) is 0 Å². The van der Waals surface area contributed by atoms with E-state index in [1.165, 1.54) is 108 Å². The zero-order valence-electron chi connectivity index (χ0n) is 81.6. The molecule has 0 fully saturated rings. The Labute approximate surface area is 870 Å². The molecule has 0 aliphatic heterocycles. The second-order valence-electron chi connectivity index (χ2n) is 38.5. The summed E-state index contributed by atoms with van der Waals surface area (Å²) >= 11 is 3.48. The lowest BCUT2D eigenvalue weighted by Gasteiger charge is -2.09. The normalized spacial score (nSPS) is 11.7. The van der Waals surface area contributed by atoms with Crippen molar-refractivity contribution in [2.45, 2.75) is 20.8 Å². The number of thiazole rings is 2. The van der Waals surface area contributed by atoms with Gasteiger partial charge in [-0.05, 0) is 306 Å². The molecule has 150 heavy (non-hydrogen) atoms. The fourth-order valence-electron chi connectivity index (χ4n) is 21.1. The molecule has 0 spiro atoms. The zero-order chi connectivity index (χ0) is 99.5. The summed E-state index contributed by atoms with van der Waals surface area (Å²) in [5.74, 6) is 2.75. The van der Waals surface area contributed by atoms with Crippen molar-refractivity contribution in [2.24, 2.45) is 0 Å². The number of rotatable bonds is 15. The molecule has 21 aromatic carbocycles. The Bertz CT molecular complexity index is 9380. The molecule has 0 N–H and O–H groups in total. The lowest BCUT2D eigenvalue weighted by Crippen LogP contribution is -1.93. The van der Waals surface area contributed by atoms with Gasteiger partial charge in [0.2, 0.25) is 17.7 Å². The molecule has 9 heterocycles. The van der Waals surface area contributed by atoms with E-state index >= 15 is 0 Å². The standard InChI is InChI=1S/C46H30N2O2.C45H29N3O2.C45H29N3S2/c1-29-10-22-37(23-11-29)48-41-24-20-34(30-12-16-32(17-13-30)45-28-36-6-2-4-8-43(36)49-45)26-38(41)39-27-35(21-25-42(39)48)31-14-18-33(19-15-31)46-47-40-7-3-5-9-44(40)50-46;1-28-16-20-35(21-17-28)48-40-22-18-31(29-8-6-10-33(24-29)44-46-38-12-2-4-14-42(38)49-44)26-36(40)37-27-32(19-23-41(37)48)30-9-7-11-34(25-30)45-47-39-13-3-5-15-43(39)50-45;1-28-10-22-35(23-11-28)48-40-24-20-33(29-12-16-31(17-13-29)44-46-38-6-2-4-8-42(38)49-44)26-36(40)37-27-34(21-25-41(37)48)30-14-18-32(19-15-30)45-47-39-7-3-5-9-43(39)50-45/h2-28H,1H3;2*2-27H,1H3. The zero-order valence-corrected chi connectivity index (χ0v) is 83.3. The van der Waals surface area contributed by atoms with Crippen LogP contribution < -0.4 is 0 Å². The summed E-state index contributed by atoms with van der Waals surface area (Å²) in [7, 11) is 0. The molecule has 0 aliphatic rings. The topological polar surface area (TPSA) is 132 Å². The van der Waals surface area contributed by atoms with Gasteiger partial charge in [0, 0.05) is 88.1 Å². The Morgan fingerprint density at radius 1 is 0.180 bits per heavy atom. The van der Waals surface area contributed by atoms with E-state index in [2.05, 4.69) is 416 Å². The highest BCUT2D eigenvalue weighted by Gasteiger charge is 2.24. The molecule has 9 aromatic heterocycles. The van der Waals surface area contributed by atoms with E-state index in [4.69, 9.17) is 37.6 Å². The third-order valence-electron chi connectivity index (χ3n) is 28.9. The summed E-state index contributed by atoms with van der Waals surface area (Å²) in [5.41, 5.74) is 42.2. The van der Waals surface area contributed by atoms with Crippen molar-refractivity contribution in [1.29, 1.82) is 0 Å². The van der Waals surface area contributed by atoms with E-state index in [1.54, 1.807) is 22.7 Å². The van der Waals surface area contributed by atoms with Crippen LogP contribution in [-0.2, 0) is 0 Å². The maximum Gasteiger partial charge on any atom is 0.227 e. The van der Waals surface area contributed by atoms with E-state index in [0.717, 1.165) is 171 Å². The Hall–Kier alpha value is -19.3. The minimum Gasteiger partial charge on any atom is -0.456 e. The number of aryl methyl sites for hydroxylation is 3. The van der Waals surface area contributed by atoms with Gasteiger partial charge in [-0.3, -0.25) is 0 Å². The first kappa shape index (κ1) is 88.5. The molecule has 0 unspecified atom stereocenters. The molecule has 0 atom stereocenters. The summed E-state index contributed by atoms with van der Waals surface area (Å²) < 4.78 is 34.0. The Morgan fingerprint density at radius 3 is 0.767 bits per heavy atom. The van der Waals surface area contributed by atoms with Gasteiger partial charge in [0.15, 0.2) is 16.7 Å². The Balaban J connectivity index is 0.000000108. The number of hydrogen-bond acceptors (Lipinski definition) is 11.